The summed E-state index contributed by atoms with van der Waals surface area (Å²) in [5.74, 6) is -1.49. The summed E-state index contributed by atoms with van der Waals surface area (Å²) in [5.41, 5.74) is 0.594. The van der Waals surface area contributed by atoms with E-state index >= 15 is 0 Å². The first-order chi connectivity index (χ1) is 20.5. The van der Waals surface area contributed by atoms with E-state index in [0.717, 1.165) is 16.4 Å². The molecule has 1 N–H and O–H groups in total. The second-order valence-corrected chi connectivity index (χ2v) is 12.0. The minimum atomic E-state index is -4.41. The van der Waals surface area contributed by atoms with E-state index in [2.05, 4.69) is 5.32 Å². The van der Waals surface area contributed by atoms with Crippen molar-refractivity contribution < 1.29 is 36.3 Å². The molecule has 0 saturated carbocycles. The normalized spacial score (nSPS) is 14.0. The molecule has 1 heterocycles. The Morgan fingerprint density at radius 3 is 2.09 bits per heavy atom. The number of hydrogen-bond donors (Lipinski definition) is 1. The fourth-order valence-electron chi connectivity index (χ4n) is 4.59. The van der Waals surface area contributed by atoms with E-state index in [4.69, 9.17) is 9.47 Å². The molecule has 230 valence electrons. The van der Waals surface area contributed by atoms with E-state index in [0.29, 0.717) is 24.3 Å². The van der Waals surface area contributed by atoms with Gasteiger partial charge in [0.2, 0.25) is 11.8 Å². The number of carbonyl (C=O) groups excluding carboxylic acids is 2. The van der Waals surface area contributed by atoms with Gasteiger partial charge in [0.05, 0.1) is 10.6 Å². The van der Waals surface area contributed by atoms with E-state index in [-0.39, 0.29) is 41.9 Å². The van der Waals surface area contributed by atoms with Crippen molar-refractivity contribution in [2.45, 2.75) is 57.1 Å². The van der Waals surface area contributed by atoms with Gasteiger partial charge in [-0.25, -0.2) is 17.2 Å². The molecular weight excluding hydrogens is 580 g/mol. The summed E-state index contributed by atoms with van der Waals surface area (Å²) in [5, 5.41) is 2.90. The lowest BCUT2D eigenvalue weighted by molar-refractivity contribution is -0.140. The van der Waals surface area contributed by atoms with Gasteiger partial charge in [-0.3, -0.25) is 13.9 Å². The molecule has 9 nitrogen and oxygen atoms in total. The molecule has 2 atom stereocenters. The van der Waals surface area contributed by atoms with Crippen LogP contribution >= 0.6 is 0 Å². The smallest absolute Gasteiger partial charge is 0.264 e. The second kappa shape index (κ2) is 13.9. The maximum atomic E-state index is 14.1. The van der Waals surface area contributed by atoms with Gasteiger partial charge in [-0.15, -0.1) is 0 Å². The molecular formula is C31H35F2N3O6S. The van der Waals surface area contributed by atoms with Crippen LogP contribution in [0.25, 0.3) is 0 Å². The van der Waals surface area contributed by atoms with Crippen molar-refractivity contribution in [1.29, 1.82) is 0 Å². The number of anilines is 1. The number of carbonyl (C=O) groups is 2. The zero-order chi connectivity index (χ0) is 31.1. The number of rotatable bonds is 12. The van der Waals surface area contributed by atoms with Gasteiger partial charge < -0.3 is 19.7 Å². The Labute approximate surface area is 250 Å². The molecule has 0 bridgehead atoms. The Balaban J connectivity index is 1.74. The molecule has 2 amide bonds. The largest absolute Gasteiger partial charge is 0.486 e. The van der Waals surface area contributed by atoms with Gasteiger partial charge in [0.25, 0.3) is 10.0 Å². The Bertz CT molecular complexity index is 1530. The van der Waals surface area contributed by atoms with Crippen LogP contribution in [0, 0.1) is 11.6 Å². The van der Waals surface area contributed by atoms with Gasteiger partial charge in [-0.1, -0.05) is 26.0 Å². The van der Waals surface area contributed by atoms with Crippen molar-refractivity contribution in [3.8, 4) is 11.5 Å². The molecule has 12 heteroatoms. The zero-order valence-electron chi connectivity index (χ0n) is 24.3. The lowest BCUT2D eigenvalue weighted by Crippen LogP contribution is -2.53. The quantitative estimate of drug-likeness (QED) is 0.318. The molecule has 0 saturated heterocycles. The van der Waals surface area contributed by atoms with Gasteiger partial charge in [-0.2, -0.15) is 0 Å². The highest BCUT2D eigenvalue weighted by atomic mass is 32.2. The van der Waals surface area contributed by atoms with Gasteiger partial charge >= 0.3 is 0 Å². The molecule has 0 unspecified atom stereocenters. The maximum Gasteiger partial charge on any atom is 0.264 e. The van der Waals surface area contributed by atoms with Crippen LogP contribution in [0.5, 0.6) is 11.5 Å². The van der Waals surface area contributed by atoms with Gasteiger partial charge in [0, 0.05) is 18.7 Å². The minimum absolute atomic E-state index is 0.0449. The molecule has 0 aliphatic carbocycles. The van der Waals surface area contributed by atoms with Crippen LogP contribution in [0.2, 0.25) is 0 Å². The van der Waals surface area contributed by atoms with Crippen molar-refractivity contribution in [2.24, 2.45) is 0 Å². The number of halogens is 2. The summed E-state index contributed by atoms with van der Waals surface area (Å²) in [6.45, 7) is 5.29. The van der Waals surface area contributed by atoms with Gasteiger partial charge in [0.1, 0.15) is 37.4 Å². The summed E-state index contributed by atoms with van der Waals surface area (Å²) < 4.78 is 67.6. The van der Waals surface area contributed by atoms with E-state index < -0.39 is 46.1 Å². The third-order valence-corrected chi connectivity index (χ3v) is 8.92. The van der Waals surface area contributed by atoms with Crippen molar-refractivity contribution in [1.82, 2.24) is 10.2 Å². The predicted octanol–water partition coefficient (Wildman–Crippen LogP) is 4.65. The number of amides is 2. The van der Waals surface area contributed by atoms with E-state index in [1.807, 2.05) is 13.8 Å². The topological polar surface area (TPSA) is 105 Å². The zero-order valence-corrected chi connectivity index (χ0v) is 25.1. The first kappa shape index (κ1) is 31.7. The first-order valence-electron chi connectivity index (χ1n) is 14.1. The second-order valence-electron chi connectivity index (χ2n) is 10.2. The van der Waals surface area contributed by atoms with Crippen LogP contribution in [0.4, 0.5) is 14.5 Å². The Morgan fingerprint density at radius 2 is 1.49 bits per heavy atom. The molecule has 1 aliphatic heterocycles. The van der Waals surface area contributed by atoms with Crippen LogP contribution in [0.1, 0.15) is 39.2 Å². The molecule has 3 aromatic rings. The summed E-state index contributed by atoms with van der Waals surface area (Å²) >= 11 is 0. The number of hydrogen-bond acceptors (Lipinski definition) is 6. The lowest BCUT2D eigenvalue weighted by atomic mass is 10.1. The molecule has 0 radical (unpaired) electrons. The number of ether oxygens (including phenoxy) is 2. The molecule has 0 aromatic heterocycles. The highest BCUT2D eigenvalue weighted by molar-refractivity contribution is 7.92. The fourth-order valence-corrected chi connectivity index (χ4v) is 6.02. The first-order valence-corrected chi connectivity index (χ1v) is 15.5. The van der Waals surface area contributed by atoms with Crippen LogP contribution in [0.3, 0.4) is 0 Å². The average molecular weight is 616 g/mol. The fraction of sp³-hybridized carbons (Fsp3) is 0.355. The maximum absolute atomic E-state index is 14.1. The summed E-state index contributed by atoms with van der Waals surface area (Å²) in [6.07, 6.45) is 0.904. The van der Waals surface area contributed by atoms with Crippen LogP contribution in [0.15, 0.2) is 71.6 Å². The Hall–Kier alpha value is -4.19. The number of nitrogens with one attached hydrogen (secondary N) is 1. The van der Waals surface area contributed by atoms with E-state index in [9.17, 15) is 26.8 Å². The van der Waals surface area contributed by atoms with Gasteiger partial charge in [0.15, 0.2) is 11.5 Å². The van der Waals surface area contributed by atoms with Crippen molar-refractivity contribution in [3.05, 3.63) is 83.9 Å². The lowest BCUT2D eigenvalue weighted by Gasteiger charge is -2.33. The summed E-state index contributed by atoms with van der Waals surface area (Å²) in [7, 11) is -4.41. The molecule has 0 spiro atoms. The minimum Gasteiger partial charge on any atom is -0.486 e. The van der Waals surface area contributed by atoms with Crippen LogP contribution < -0.4 is 19.1 Å². The summed E-state index contributed by atoms with van der Waals surface area (Å²) in [4.78, 5) is 28.5. The van der Waals surface area contributed by atoms with Crippen LogP contribution in [-0.2, 0) is 26.2 Å². The standard InChI is InChI=1S/C31H35F2N3O6S/c1-4-21(3)34-31(38)27(5-2)35(19-22-6-8-23(32)9-7-22)30(37)20-36(25-12-10-24(33)11-13-25)43(39,40)26-14-15-28-29(18-26)42-17-16-41-28/h6-15,18,21,27H,4-5,16-17,19-20H2,1-3H3,(H,34,38)/t21-,27-/m0/s1. The molecule has 3 aromatic carbocycles. The number of benzene rings is 3. The third kappa shape index (κ3) is 7.61. The SMILES string of the molecule is CC[C@H](C)NC(=O)[C@H](CC)N(Cc1ccc(F)cc1)C(=O)CN(c1ccc(F)cc1)S(=O)(=O)c1ccc2c(c1)OCCO2. The van der Waals surface area contributed by atoms with Crippen molar-refractivity contribution in [3.63, 3.8) is 0 Å². The van der Waals surface area contributed by atoms with Crippen molar-refractivity contribution >= 4 is 27.5 Å². The molecule has 4 rings (SSSR count). The Kier molecular flexibility index (Phi) is 10.2. The Morgan fingerprint density at radius 1 is 0.884 bits per heavy atom. The van der Waals surface area contributed by atoms with Gasteiger partial charge in [-0.05, 0) is 73.9 Å². The number of nitrogens with zero attached hydrogens (tertiary/aromatic N) is 2. The van der Waals surface area contributed by atoms with Crippen molar-refractivity contribution in [2.75, 3.05) is 24.1 Å². The predicted molar refractivity (Wildman–Crippen MR) is 157 cm³/mol. The average Bonchev–Trinajstić information content (AvgIpc) is 3.00. The summed E-state index contributed by atoms with van der Waals surface area (Å²) in [6, 6.07) is 13.2. The highest BCUT2D eigenvalue weighted by Crippen LogP contribution is 2.34. The third-order valence-electron chi connectivity index (χ3n) is 7.15. The molecule has 1 aliphatic rings. The van der Waals surface area contributed by atoms with E-state index in [1.165, 1.54) is 59.5 Å². The molecule has 43 heavy (non-hydrogen) atoms. The van der Waals surface area contributed by atoms with Crippen LogP contribution in [-0.4, -0.2) is 57.0 Å². The molecule has 0 fully saturated rings. The number of sulfonamides is 1. The number of fused-ring (bicyclic) bond motifs is 1. The highest BCUT2D eigenvalue weighted by Gasteiger charge is 2.34. The van der Waals surface area contributed by atoms with E-state index in [1.54, 1.807) is 6.92 Å². The monoisotopic (exact) mass is 615 g/mol.